The van der Waals surface area contributed by atoms with E-state index in [2.05, 4.69) is 24.1 Å². The van der Waals surface area contributed by atoms with Crippen LogP contribution in [0.4, 0.5) is 0 Å². The lowest BCUT2D eigenvalue weighted by Gasteiger charge is -2.30. The molecule has 3 N–H and O–H groups in total. The zero-order valence-corrected chi connectivity index (χ0v) is 12.0. The Morgan fingerprint density at radius 3 is 2.53 bits per heavy atom. The van der Waals surface area contributed by atoms with Gasteiger partial charge in [-0.05, 0) is 24.5 Å². The molecule has 0 aliphatic carbocycles. The number of carbonyl (C=O) groups excluding carboxylic acids is 1. The standard InChI is InChI=1S/C15H25N3O/c1-3-7-15(12-16,8-4-2)14(19)18-11-13-6-5-9-17-10-13/h5-6,9-10H,3-4,7-8,11-12,16H2,1-2H3,(H,18,19). The molecule has 4 nitrogen and oxygen atoms in total. The minimum atomic E-state index is -0.411. The molecule has 1 rings (SSSR count). The van der Waals surface area contributed by atoms with Gasteiger partial charge in [0.05, 0.1) is 5.41 Å². The Labute approximate surface area is 115 Å². The lowest BCUT2D eigenvalue weighted by molar-refractivity contribution is -0.131. The number of nitrogens with one attached hydrogen (secondary N) is 1. The van der Waals surface area contributed by atoms with Crippen LogP contribution in [0.2, 0.25) is 0 Å². The van der Waals surface area contributed by atoms with Crippen molar-refractivity contribution in [3.05, 3.63) is 30.1 Å². The van der Waals surface area contributed by atoms with Crippen LogP contribution in [0, 0.1) is 5.41 Å². The van der Waals surface area contributed by atoms with Crippen LogP contribution in [0.1, 0.15) is 45.1 Å². The van der Waals surface area contributed by atoms with Crippen LogP contribution < -0.4 is 11.1 Å². The van der Waals surface area contributed by atoms with Crippen molar-refractivity contribution >= 4 is 5.91 Å². The van der Waals surface area contributed by atoms with Crippen molar-refractivity contribution < 1.29 is 4.79 Å². The second-order valence-corrected chi connectivity index (χ2v) is 5.03. The van der Waals surface area contributed by atoms with Gasteiger partial charge in [0.2, 0.25) is 5.91 Å². The predicted molar refractivity (Wildman–Crippen MR) is 77.4 cm³/mol. The molecule has 0 radical (unpaired) electrons. The molecule has 1 aromatic heterocycles. The third kappa shape index (κ3) is 4.31. The summed E-state index contributed by atoms with van der Waals surface area (Å²) in [6, 6.07) is 3.83. The summed E-state index contributed by atoms with van der Waals surface area (Å²) in [6.45, 7) is 5.11. The number of aromatic nitrogens is 1. The highest BCUT2D eigenvalue weighted by Gasteiger charge is 2.34. The Kier molecular flexibility index (Phi) is 6.50. The Hall–Kier alpha value is -1.42. The molecular weight excluding hydrogens is 238 g/mol. The van der Waals surface area contributed by atoms with Crippen molar-refractivity contribution in [3.8, 4) is 0 Å². The van der Waals surface area contributed by atoms with Crippen molar-refractivity contribution in [1.29, 1.82) is 0 Å². The number of nitrogens with zero attached hydrogens (tertiary/aromatic N) is 1. The quantitative estimate of drug-likeness (QED) is 0.756. The predicted octanol–water partition coefficient (Wildman–Crippen LogP) is 2.24. The van der Waals surface area contributed by atoms with Crippen LogP contribution in [0.3, 0.4) is 0 Å². The number of rotatable bonds is 8. The van der Waals surface area contributed by atoms with E-state index in [9.17, 15) is 4.79 Å². The van der Waals surface area contributed by atoms with Gasteiger partial charge in [-0.25, -0.2) is 0 Å². The molecule has 0 atom stereocenters. The van der Waals surface area contributed by atoms with E-state index in [4.69, 9.17) is 5.73 Å². The summed E-state index contributed by atoms with van der Waals surface area (Å²) in [7, 11) is 0. The van der Waals surface area contributed by atoms with Gasteiger partial charge in [-0.15, -0.1) is 0 Å². The van der Waals surface area contributed by atoms with E-state index >= 15 is 0 Å². The zero-order valence-electron chi connectivity index (χ0n) is 12.0. The van der Waals surface area contributed by atoms with Gasteiger partial charge in [-0.1, -0.05) is 32.8 Å². The average molecular weight is 263 g/mol. The van der Waals surface area contributed by atoms with Crippen LogP contribution in [0.5, 0.6) is 0 Å². The Bertz CT molecular complexity index is 372. The molecule has 0 fully saturated rings. The highest BCUT2D eigenvalue weighted by atomic mass is 16.2. The lowest BCUT2D eigenvalue weighted by atomic mass is 9.78. The molecule has 0 spiro atoms. The molecule has 19 heavy (non-hydrogen) atoms. The fraction of sp³-hybridized carbons (Fsp3) is 0.600. The first kappa shape index (κ1) is 15.6. The molecular formula is C15H25N3O. The third-order valence-corrected chi connectivity index (χ3v) is 3.51. The molecule has 1 amide bonds. The zero-order chi connectivity index (χ0) is 14.1. The van der Waals surface area contributed by atoms with E-state index < -0.39 is 5.41 Å². The molecule has 0 saturated heterocycles. The van der Waals surface area contributed by atoms with Crippen LogP contribution in [0.25, 0.3) is 0 Å². The normalized spacial score (nSPS) is 11.3. The summed E-state index contributed by atoms with van der Waals surface area (Å²) in [5.74, 6) is 0.0718. The van der Waals surface area contributed by atoms with Crippen molar-refractivity contribution in [2.75, 3.05) is 6.54 Å². The van der Waals surface area contributed by atoms with E-state index in [-0.39, 0.29) is 5.91 Å². The second kappa shape index (κ2) is 7.89. The summed E-state index contributed by atoms with van der Waals surface area (Å²) in [4.78, 5) is 16.5. The number of hydrogen-bond donors (Lipinski definition) is 2. The van der Waals surface area contributed by atoms with Gasteiger partial charge in [0.1, 0.15) is 0 Å². The topological polar surface area (TPSA) is 68.0 Å². The number of nitrogens with two attached hydrogens (primary N) is 1. The molecule has 0 aliphatic rings. The summed E-state index contributed by atoms with van der Waals surface area (Å²) in [5, 5.41) is 3.00. The summed E-state index contributed by atoms with van der Waals surface area (Å²) >= 11 is 0. The van der Waals surface area contributed by atoms with Gasteiger partial charge in [0, 0.05) is 25.5 Å². The summed E-state index contributed by atoms with van der Waals surface area (Å²) in [5.41, 5.74) is 6.47. The van der Waals surface area contributed by atoms with Gasteiger partial charge in [0.15, 0.2) is 0 Å². The number of hydrogen-bond acceptors (Lipinski definition) is 3. The minimum Gasteiger partial charge on any atom is -0.351 e. The largest absolute Gasteiger partial charge is 0.351 e. The smallest absolute Gasteiger partial charge is 0.227 e. The second-order valence-electron chi connectivity index (χ2n) is 5.03. The highest BCUT2D eigenvalue weighted by Crippen LogP contribution is 2.29. The first-order valence-electron chi connectivity index (χ1n) is 7.05. The van der Waals surface area contributed by atoms with E-state index in [1.807, 2.05) is 12.1 Å². The summed E-state index contributed by atoms with van der Waals surface area (Å²) in [6.07, 6.45) is 7.12. The maximum absolute atomic E-state index is 12.4. The Morgan fingerprint density at radius 2 is 2.05 bits per heavy atom. The molecule has 1 aromatic rings. The molecule has 0 saturated carbocycles. The van der Waals surface area contributed by atoms with Crippen molar-refractivity contribution in [2.24, 2.45) is 11.1 Å². The molecule has 1 heterocycles. The van der Waals surface area contributed by atoms with Crippen molar-refractivity contribution in [1.82, 2.24) is 10.3 Å². The Morgan fingerprint density at radius 1 is 1.37 bits per heavy atom. The van der Waals surface area contributed by atoms with Gasteiger partial charge in [0.25, 0.3) is 0 Å². The average Bonchev–Trinajstić information content (AvgIpc) is 2.45. The third-order valence-electron chi connectivity index (χ3n) is 3.51. The first-order valence-corrected chi connectivity index (χ1v) is 7.05. The fourth-order valence-corrected chi connectivity index (χ4v) is 2.48. The van der Waals surface area contributed by atoms with E-state index in [0.29, 0.717) is 13.1 Å². The van der Waals surface area contributed by atoms with Crippen LogP contribution in [-0.2, 0) is 11.3 Å². The number of amides is 1. The maximum Gasteiger partial charge on any atom is 0.227 e. The van der Waals surface area contributed by atoms with E-state index in [1.54, 1.807) is 12.4 Å². The van der Waals surface area contributed by atoms with Crippen LogP contribution in [-0.4, -0.2) is 17.4 Å². The minimum absolute atomic E-state index is 0.0718. The highest BCUT2D eigenvalue weighted by molar-refractivity contribution is 5.82. The first-order chi connectivity index (χ1) is 9.18. The number of pyridine rings is 1. The SMILES string of the molecule is CCCC(CN)(CCC)C(=O)NCc1cccnc1. The van der Waals surface area contributed by atoms with Crippen LogP contribution in [0.15, 0.2) is 24.5 Å². The molecule has 106 valence electrons. The molecule has 0 aliphatic heterocycles. The summed E-state index contributed by atoms with van der Waals surface area (Å²) < 4.78 is 0. The molecule has 0 bridgehead atoms. The molecule has 4 heteroatoms. The van der Waals surface area contributed by atoms with Gasteiger partial charge < -0.3 is 11.1 Å². The van der Waals surface area contributed by atoms with E-state index in [0.717, 1.165) is 31.2 Å². The molecule has 0 unspecified atom stereocenters. The molecule has 0 aromatic carbocycles. The fourth-order valence-electron chi connectivity index (χ4n) is 2.48. The van der Waals surface area contributed by atoms with E-state index in [1.165, 1.54) is 0 Å². The van der Waals surface area contributed by atoms with Gasteiger partial charge in [-0.3, -0.25) is 9.78 Å². The van der Waals surface area contributed by atoms with Crippen molar-refractivity contribution in [3.63, 3.8) is 0 Å². The lowest BCUT2D eigenvalue weighted by Crippen LogP contribution is -2.45. The van der Waals surface area contributed by atoms with Crippen molar-refractivity contribution in [2.45, 2.75) is 46.1 Å². The Balaban J connectivity index is 2.66. The van der Waals surface area contributed by atoms with Gasteiger partial charge >= 0.3 is 0 Å². The number of carbonyl (C=O) groups is 1. The van der Waals surface area contributed by atoms with Gasteiger partial charge in [-0.2, -0.15) is 0 Å². The maximum atomic E-state index is 12.4. The monoisotopic (exact) mass is 263 g/mol. The van der Waals surface area contributed by atoms with Crippen LogP contribution >= 0.6 is 0 Å².